The van der Waals surface area contributed by atoms with E-state index in [0.717, 1.165) is 5.52 Å². The molecule has 1 aromatic heterocycles. The summed E-state index contributed by atoms with van der Waals surface area (Å²) in [5.41, 5.74) is 2.04. The Bertz CT molecular complexity index is 852. The van der Waals surface area contributed by atoms with Crippen molar-refractivity contribution >= 4 is 28.6 Å². The molecular formula is C17H18F3N3O2S. The Labute approximate surface area is 151 Å². The van der Waals surface area contributed by atoms with E-state index in [4.69, 9.17) is 4.74 Å². The average Bonchev–Trinajstić information content (AvgIpc) is 3.03. The predicted octanol–water partition coefficient (Wildman–Crippen LogP) is 4.13. The van der Waals surface area contributed by atoms with Gasteiger partial charge in [0.2, 0.25) is 0 Å². The summed E-state index contributed by atoms with van der Waals surface area (Å²) in [5, 5.41) is 0.262. The molecule has 0 bridgehead atoms. The van der Waals surface area contributed by atoms with E-state index in [1.165, 1.54) is 6.08 Å². The average molecular weight is 385 g/mol. The Balaban J connectivity index is 2.21. The molecule has 140 valence electrons. The van der Waals surface area contributed by atoms with E-state index >= 15 is 0 Å². The molecular weight excluding hydrogens is 367 g/mol. The highest BCUT2D eigenvalue weighted by atomic mass is 32.2. The summed E-state index contributed by atoms with van der Waals surface area (Å²) < 4.78 is 54.5. The largest absolute Gasteiger partial charge is 0.484 e. The Hall–Kier alpha value is -2.42. The molecule has 0 fully saturated rings. The number of alkyl halides is 3. The second kappa shape index (κ2) is 8.31. The minimum atomic E-state index is -4.45. The summed E-state index contributed by atoms with van der Waals surface area (Å²) in [6.45, 7) is 5.10. The van der Waals surface area contributed by atoms with E-state index in [-0.39, 0.29) is 22.4 Å². The Morgan fingerprint density at radius 3 is 2.69 bits per heavy atom. The summed E-state index contributed by atoms with van der Waals surface area (Å²) in [6, 6.07) is 7.22. The van der Waals surface area contributed by atoms with Crippen LogP contribution in [0.1, 0.15) is 13.8 Å². The van der Waals surface area contributed by atoms with Gasteiger partial charge in [-0.25, -0.2) is 4.98 Å². The molecule has 0 aliphatic heterocycles. The standard InChI is InChI=1S/C17H18F3N3O2S/c1-4-15(25-10-17(18,19)20)11(2)14(21-3)9-26(24)16-22-12-7-5-6-8-13(12)23-16/h4-8H,3,9-10H2,1-2H3,(H,22,23)/b14-11-,15-4+. The number of aromatic amines is 1. The minimum Gasteiger partial charge on any atom is -0.484 e. The lowest BCUT2D eigenvalue weighted by molar-refractivity contribution is -0.164. The van der Waals surface area contributed by atoms with Gasteiger partial charge in [0.25, 0.3) is 0 Å². The van der Waals surface area contributed by atoms with Gasteiger partial charge in [0.1, 0.15) is 5.76 Å². The first-order valence-electron chi connectivity index (χ1n) is 7.61. The quantitative estimate of drug-likeness (QED) is 0.443. The van der Waals surface area contributed by atoms with Gasteiger partial charge < -0.3 is 9.72 Å². The molecule has 1 unspecified atom stereocenters. The van der Waals surface area contributed by atoms with Crippen LogP contribution in [-0.4, -0.2) is 39.4 Å². The smallest absolute Gasteiger partial charge is 0.422 e. The molecule has 1 N–H and O–H groups in total. The molecule has 2 aromatic rings. The molecule has 0 aliphatic carbocycles. The Kier molecular flexibility index (Phi) is 6.36. The third-order valence-electron chi connectivity index (χ3n) is 3.50. The van der Waals surface area contributed by atoms with Gasteiger partial charge in [-0.1, -0.05) is 12.1 Å². The van der Waals surface area contributed by atoms with Crippen LogP contribution >= 0.6 is 0 Å². The molecule has 0 saturated carbocycles. The van der Waals surface area contributed by atoms with Gasteiger partial charge in [-0.2, -0.15) is 13.2 Å². The van der Waals surface area contributed by atoms with Crippen LogP contribution in [0.15, 0.2) is 57.5 Å². The number of H-pyrrole nitrogens is 1. The fraction of sp³-hybridized carbons (Fsp3) is 0.294. The number of hydrogen-bond acceptors (Lipinski definition) is 4. The SMILES string of the molecule is C=N/C(CS(=O)c1nc2ccccc2[nH]1)=C(C)\C(=C/C)OCC(F)(F)F. The van der Waals surface area contributed by atoms with E-state index in [9.17, 15) is 17.4 Å². The monoisotopic (exact) mass is 385 g/mol. The number of halogens is 3. The number of allylic oxidation sites excluding steroid dienone is 2. The number of nitrogens with one attached hydrogen (secondary N) is 1. The van der Waals surface area contributed by atoms with Crippen molar-refractivity contribution in [2.75, 3.05) is 12.4 Å². The fourth-order valence-corrected chi connectivity index (χ4v) is 3.33. The molecule has 26 heavy (non-hydrogen) atoms. The van der Waals surface area contributed by atoms with Crippen molar-refractivity contribution in [3.05, 3.63) is 47.4 Å². The highest BCUT2D eigenvalue weighted by molar-refractivity contribution is 7.85. The zero-order valence-corrected chi connectivity index (χ0v) is 15.1. The highest BCUT2D eigenvalue weighted by Crippen LogP contribution is 2.23. The lowest BCUT2D eigenvalue weighted by Gasteiger charge is -2.14. The number of ether oxygens (including phenoxy) is 1. The van der Waals surface area contributed by atoms with Crippen molar-refractivity contribution in [2.45, 2.75) is 25.2 Å². The maximum atomic E-state index is 12.6. The lowest BCUT2D eigenvalue weighted by Crippen LogP contribution is -2.17. The van der Waals surface area contributed by atoms with E-state index in [1.807, 2.05) is 12.1 Å². The number of para-hydroxylation sites is 2. The van der Waals surface area contributed by atoms with E-state index < -0.39 is 23.6 Å². The first-order chi connectivity index (χ1) is 12.2. The molecule has 2 rings (SSSR count). The van der Waals surface area contributed by atoms with Crippen LogP contribution in [-0.2, 0) is 15.5 Å². The molecule has 5 nitrogen and oxygen atoms in total. The van der Waals surface area contributed by atoms with Crippen LogP contribution in [0.3, 0.4) is 0 Å². The number of benzene rings is 1. The number of fused-ring (bicyclic) bond motifs is 1. The van der Waals surface area contributed by atoms with Crippen molar-refractivity contribution in [3.8, 4) is 0 Å². The molecule has 1 aromatic carbocycles. The third kappa shape index (κ3) is 5.04. The molecule has 0 radical (unpaired) electrons. The normalized spacial score (nSPS) is 14.9. The maximum Gasteiger partial charge on any atom is 0.422 e. The van der Waals surface area contributed by atoms with Crippen LogP contribution in [0.5, 0.6) is 0 Å². The molecule has 9 heteroatoms. The van der Waals surface area contributed by atoms with Gasteiger partial charge in [0, 0.05) is 5.57 Å². The van der Waals surface area contributed by atoms with E-state index in [2.05, 4.69) is 21.7 Å². The topological polar surface area (TPSA) is 67.3 Å². The summed E-state index contributed by atoms with van der Waals surface area (Å²) in [4.78, 5) is 11.0. The van der Waals surface area contributed by atoms with Crippen LogP contribution in [0.25, 0.3) is 11.0 Å². The summed E-state index contributed by atoms with van der Waals surface area (Å²) in [6.07, 6.45) is -3.05. The molecule has 0 spiro atoms. The Morgan fingerprint density at radius 2 is 2.12 bits per heavy atom. The zero-order chi connectivity index (χ0) is 19.3. The summed E-state index contributed by atoms with van der Waals surface area (Å²) in [5.74, 6) is -0.0339. The minimum absolute atomic E-state index is 0.0198. The van der Waals surface area contributed by atoms with Gasteiger partial charge in [0.15, 0.2) is 11.8 Å². The third-order valence-corrected chi connectivity index (χ3v) is 4.66. The van der Waals surface area contributed by atoms with Gasteiger partial charge >= 0.3 is 6.18 Å². The van der Waals surface area contributed by atoms with Crippen molar-refractivity contribution in [1.82, 2.24) is 9.97 Å². The zero-order valence-electron chi connectivity index (χ0n) is 14.3. The van der Waals surface area contributed by atoms with Crippen LogP contribution in [0, 0.1) is 0 Å². The number of imidazole rings is 1. The second-order valence-corrected chi connectivity index (χ2v) is 6.70. The van der Waals surface area contributed by atoms with Crippen LogP contribution in [0.4, 0.5) is 13.2 Å². The van der Waals surface area contributed by atoms with Crippen molar-refractivity contribution < 1.29 is 22.1 Å². The van der Waals surface area contributed by atoms with Crippen molar-refractivity contribution in [3.63, 3.8) is 0 Å². The van der Waals surface area contributed by atoms with Gasteiger partial charge in [-0.3, -0.25) is 9.20 Å². The van der Waals surface area contributed by atoms with Gasteiger partial charge in [-0.15, -0.1) is 0 Å². The number of aromatic nitrogens is 2. The number of nitrogens with zero attached hydrogens (tertiary/aromatic N) is 2. The number of rotatable bonds is 7. The first-order valence-corrected chi connectivity index (χ1v) is 8.93. The molecule has 0 saturated heterocycles. The molecule has 0 amide bonds. The highest BCUT2D eigenvalue weighted by Gasteiger charge is 2.29. The lowest BCUT2D eigenvalue weighted by atomic mass is 10.2. The van der Waals surface area contributed by atoms with Crippen molar-refractivity contribution in [2.24, 2.45) is 4.99 Å². The van der Waals surface area contributed by atoms with E-state index in [1.54, 1.807) is 26.0 Å². The van der Waals surface area contributed by atoms with E-state index in [0.29, 0.717) is 11.1 Å². The maximum absolute atomic E-state index is 12.6. The fourth-order valence-electron chi connectivity index (χ4n) is 2.21. The van der Waals surface area contributed by atoms with Gasteiger partial charge in [-0.05, 0) is 38.8 Å². The summed E-state index contributed by atoms with van der Waals surface area (Å²) >= 11 is 0. The predicted molar refractivity (Wildman–Crippen MR) is 95.4 cm³/mol. The molecule has 1 atom stereocenters. The van der Waals surface area contributed by atoms with Crippen molar-refractivity contribution in [1.29, 1.82) is 0 Å². The number of hydrogen-bond donors (Lipinski definition) is 1. The first kappa shape index (κ1) is 19.9. The van der Waals surface area contributed by atoms with Gasteiger partial charge in [0.05, 0.1) is 33.3 Å². The van der Waals surface area contributed by atoms with Crippen LogP contribution < -0.4 is 0 Å². The second-order valence-electron chi connectivity index (χ2n) is 5.34. The Morgan fingerprint density at radius 1 is 1.42 bits per heavy atom. The summed E-state index contributed by atoms with van der Waals surface area (Å²) in [7, 11) is -1.57. The van der Waals surface area contributed by atoms with Crippen LogP contribution in [0.2, 0.25) is 0 Å². The molecule has 0 aliphatic rings. The number of aliphatic imine (C=N–C) groups is 1. The molecule has 1 heterocycles.